The molecule has 1 amide bonds. The summed E-state index contributed by atoms with van der Waals surface area (Å²) in [5, 5.41) is 6.65. The summed E-state index contributed by atoms with van der Waals surface area (Å²) in [6.45, 7) is 6.43. The second-order valence-electron chi connectivity index (χ2n) is 7.50. The highest BCUT2D eigenvalue weighted by Gasteiger charge is 2.29. The molecule has 0 spiro atoms. The molecule has 0 aliphatic carbocycles. The molecule has 2 atom stereocenters. The molecule has 2 unspecified atom stereocenters. The van der Waals surface area contributed by atoms with Crippen LogP contribution in [0.15, 0.2) is 30.3 Å². The minimum Gasteiger partial charge on any atom is -0.352 e. The van der Waals surface area contributed by atoms with E-state index in [0.29, 0.717) is 18.5 Å². The van der Waals surface area contributed by atoms with Gasteiger partial charge in [-0.1, -0.05) is 30.3 Å². The highest BCUT2D eigenvalue weighted by Crippen LogP contribution is 2.21. The number of carbonyl (C=O) groups is 1. The fraction of sp³-hybridized carbons (Fsp3) is 0.650. The third kappa shape index (κ3) is 5.05. The van der Waals surface area contributed by atoms with E-state index >= 15 is 0 Å². The molecule has 4 nitrogen and oxygen atoms in total. The van der Waals surface area contributed by atoms with Crippen LogP contribution < -0.4 is 10.6 Å². The van der Waals surface area contributed by atoms with E-state index in [0.717, 1.165) is 44.9 Å². The fourth-order valence-corrected chi connectivity index (χ4v) is 4.05. The number of hydrogen-bond acceptors (Lipinski definition) is 3. The highest BCUT2D eigenvalue weighted by atomic mass is 16.1. The molecule has 0 bridgehead atoms. The van der Waals surface area contributed by atoms with Crippen molar-refractivity contribution in [3.05, 3.63) is 35.9 Å². The van der Waals surface area contributed by atoms with Crippen LogP contribution in [0.5, 0.6) is 0 Å². The van der Waals surface area contributed by atoms with Crippen molar-refractivity contribution < 1.29 is 4.79 Å². The van der Waals surface area contributed by atoms with E-state index in [2.05, 4.69) is 52.8 Å². The Hall–Kier alpha value is -1.39. The molecule has 2 heterocycles. The standard InChI is InChI=1S/C20H31N3O/c1-16-13-19(15-23(16)14-18-5-3-2-4-6-18)22-20(24)8-7-17-9-11-21-12-10-17/h2-6,16-17,19,21H,7-15H2,1H3,(H,22,24). The molecular formula is C20H31N3O. The van der Waals surface area contributed by atoms with Crippen molar-refractivity contribution in [1.82, 2.24) is 15.5 Å². The Balaban J connectivity index is 1.40. The molecule has 4 heteroatoms. The monoisotopic (exact) mass is 329 g/mol. The first-order valence-electron chi connectivity index (χ1n) is 9.49. The summed E-state index contributed by atoms with van der Waals surface area (Å²) in [5.74, 6) is 0.973. The third-order valence-corrected chi connectivity index (χ3v) is 5.54. The van der Waals surface area contributed by atoms with Gasteiger partial charge in [0, 0.05) is 31.6 Å². The van der Waals surface area contributed by atoms with Crippen LogP contribution in [0.4, 0.5) is 0 Å². The lowest BCUT2D eigenvalue weighted by molar-refractivity contribution is -0.122. The number of likely N-dealkylation sites (tertiary alicyclic amines) is 1. The van der Waals surface area contributed by atoms with Gasteiger partial charge in [-0.3, -0.25) is 9.69 Å². The van der Waals surface area contributed by atoms with E-state index < -0.39 is 0 Å². The molecule has 3 rings (SSSR count). The predicted molar refractivity (Wildman–Crippen MR) is 97.7 cm³/mol. The Labute approximate surface area is 146 Å². The summed E-state index contributed by atoms with van der Waals surface area (Å²) in [7, 11) is 0. The van der Waals surface area contributed by atoms with Crippen molar-refractivity contribution in [2.24, 2.45) is 5.92 Å². The maximum absolute atomic E-state index is 12.3. The summed E-state index contributed by atoms with van der Waals surface area (Å²) in [4.78, 5) is 14.7. The SMILES string of the molecule is CC1CC(NC(=O)CCC2CCNCC2)CN1Cc1ccccc1. The van der Waals surface area contributed by atoms with E-state index in [1.807, 2.05) is 0 Å². The van der Waals surface area contributed by atoms with E-state index in [1.54, 1.807) is 0 Å². The van der Waals surface area contributed by atoms with Crippen LogP contribution in [0, 0.1) is 5.92 Å². The Morgan fingerprint density at radius 2 is 2.00 bits per heavy atom. The van der Waals surface area contributed by atoms with Gasteiger partial charge in [0.25, 0.3) is 0 Å². The van der Waals surface area contributed by atoms with Crippen molar-refractivity contribution >= 4 is 5.91 Å². The molecule has 2 aliphatic rings. The van der Waals surface area contributed by atoms with Crippen molar-refractivity contribution in [1.29, 1.82) is 0 Å². The average molecular weight is 329 g/mol. The van der Waals surface area contributed by atoms with Crippen LogP contribution in [0.3, 0.4) is 0 Å². The predicted octanol–water partition coefficient (Wildman–Crippen LogP) is 2.55. The fourth-order valence-electron chi connectivity index (χ4n) is 4.05. The van der Waals surface area contributed by atoms with Crippen LogP contribution in [0.1, 0.15) is 44.6 Å². The number of hydrogen-bond donors (Lipinski definition) is 2. The number of piperidine rings is 1. The van der Waals surface area contributed by atoms with Gasteiger partial charge in [0.2, 0.25) is 5.91 Å². The molecule has 2 fully saturated rings. The van der Waals surface area contributed by atoms with Crippen LogP contribution in [0.25, 0.3) is 0 Å². The maximum Gasteiger partial charge on any atom is 0.220 e. The molecule has 0 saturated carbocycles. The molecule has 2 aliphatic heterocycles. The minimum atomic E-state index is 0.243. The Morgan fingerprint density at radius 1 is 1.25 bits per heavy atom. The zero-order valence-electron chi connectivity index (χ0n) is 14.8. The van der Waals surface area contributed by atoms with Crippen molar-refractivity contribution in [3.63, 3.8) is 0 Å². The number of amides is 1. The van der Waals surface area contributed by atoms with Crippen molar-refractivity contribution in [3.8, 4) is 0 Å². The Kier molecular flexibility index (Phi) is 6.27. The van der Waals surface area contributed by atoms with E-state index in [-0.39, 0.29) is 5.91 Å². The van der Waals surface area contributed by atoms with Gasteiger partial charge in [-0.2, -0.15) is 0 Å². The summed E-state index contributed by atoms with van der Waals surface area (Å²) in [6, 6.07) is 11.4. The van der Waals surface area contributed by atoms with Crippen LogP contribution in [-0.2, 0) is 11.3 Å². The molecule has 1 aromatic carbocycles. The lowest BCUT2D eigenvalue weighted by Crippen LogP contribution is -2.37. The Morgan fingerprint density at radius 3 is 2.75 bits per heavy atom. The molecule has 0 aromatic heterocycles. The topological polar surface area (TPSA) is 44.4 Å². The number of nitrogens with one attached hydrogen (secondary N) is 2. The molecule has 132 valence electrons. The Bertz CT molecular complexity index is 513. The van der Waals surface area contributed by atoms with Gasteiger partial charge >= 0.3 is 0 Å². The highest BCUT2D eigenvalue weighted by molar-refractivity contribution is 5.76. The van der Waals surface area contributed by atoms with E-state index in [1.165, 1.54) is 18.4 Å². The lowest BCUT2D eigenvalue weighted by atomic mass is 9.93. The smallest absolute Gasteiger partial charge is 0.220 e. The first-order chi connectivity index (χ1) is 11.7. The van der Waals surface area contributed by atoms with Gasteiger partial charge in [0.05, 0.1) is 0 Å². The van der Waals surface area contributed by atoms with Gasteiger partial charge in [0.15, 0.2) is 0 Å². The van der Waals surface area contributed by atoms with Crippen LogP contribution in [-0.4, -0.2) is 42.5 Å². The van der Waals surface area contributed by atoms with Crippen LogP contribution in [0.2, 0.25) is 0 Å². The zero-order valence-corrected chi connectivity index (χ0v) is 14.8. The molecule has 2 N–H and O–H groups in total. The van der Waals surface area contributed by atoms with Gasteiger partial charge in [-0.25, -0.2) is 0 Å². The minimum absolute atomic E-state index is 0.243. The molecular weight excluding hydrogens is 298 g/mol. The molecule has 2 saturated heterocycles. The third-order valence-electron chi connectivity index (χ3n) is 5.54. The molecule has 0 radical (unpaired) electrons. The summed E-state index contributed by atoms with van der Waals surface area (Å²) in [5.41, 5.74) is 1.35. The maximum atomic E-state index is 12.3. The van der Waals surface area contributed by atoms with E-state index in [9.17, 15) is 4.79 Å². The normalized spacial score (nSPS) is 25.7. The van der Waals surface area contributed by atoms with Gasteiger partial charge in [0.1, 0.15) is 0 Å². The second kappa shape index (κ2) is 8.63. The van der Waals surface area contributed by atoms with Crippen molar-refractivity contribution in [2.45, 2.75) is 57.7 Å². The number of benzene rings is 1. The molecule has 1 aromatic rings. The number of nitrogens with zero attached hydrogens (tertiary/aromatic N) is 1. The largest absolute Gasteiger partial charge is 0.352 e. The second-order valence-corrected chi connectivity index (χ2v) is 7.50. The van der Waals surface area contributed by atoms with Crippen molar-refractivity contribution in [2.75, 3.05) is 19.6 Å². The van der Waals surface area contributed by atoms with Gasteiger partial charge in [-0.05, 0) is 57.2 Å². The quantitative estimate of drug-likeness (QED) is 0.843. The summed E-state index contributed by atoms with van der Waals surface area (Å²) in [6.07, 6.45) is 5.24. The number of carbonyl (C=O) groups excluding carboxylic acids is 1. The van der Waals surface area contributed by atoms with Gasteiger partial charge < -0.3 is 10.6 Å². The number of rotatable bonds is 6. The average Bonchev–Trinajstić information content (AvgIpc) is 2.94. The van der Waals surface area contributed by atoms with Crippen LogP contribution >= 0.6 is 0 Å². The molecule has 24 heavy (non-hydrogen) atoms. The van der Waals surface area contributed by atoms with Gasteiger partial charge in [-0.15, -0.1) is 0 Å². The first-order valence-corrected chi connectivity index (χ1v) is 9.49. The lowest BCUT2D eigenvalue weighted by Gasteiger charge is -2.22. The summed E-state index contributed by atoms with van der Waals surface area (Å²) < 4.78 is 0. The first kappa shape index (κ1) is 17.4. The van der Waals surface area contributed by atoms with E-state index in [4.69, 9.17) is 0 Å². The summed E-state index contributed by atoms with van der Waals surface area (Å²) >= 11 is 0. The zero-order chi connectivity index (χ0) is 16.8.